The molecule has 1 saturated heterocycles. The van der Waals surface area contributed by atoms with Gasteiger partial charge >= 0.3 is 35.3 Å². The van der Waals surface area contributed by atoms with Crippen LogP contribution in [0.3, 0.4) is 0 Å². The minimum absolute atomic E-state index is 0.327. The molecule has 1 aliphatic rings. The lowest BCUT2D eigenvalue weighted by Crippen LogP contribution is -2.49. The van der Waals surface area contributed by atoms with E-state index in [9.17, 15) is 46.1 Å². The number of nitrogens with zero attached hydrogens (tertiary/aromatic N) is 2. The van der Waals surface area contributed by atoms with Crippen molar-refractivity contribution in [3.63, 3.8) is 0 Å². The molecule has 1 aromatic rings. The number of hydrogen-bond acceptors (Lipinski definition) is 11. The number of aromatic nitrogens is 2. The fourth-order valence-electron chi connectivity index (χ4n) is 2.80. The predicted octanol–water partition coefficient (Wildman–Crippen LogP) is 0.0878. The standard InChI is InChI=1S/C11H16F4N3O13P3/c12-6-7(19)10(3-11(13,14)15,29-8(6)18-2-1-5(16)17-9(18)20)4-28-33(24,25)31-34(26,27)30-32(21,22)23/h1-2,6-8,19H,3-4H2,(H,24,25)(H,26,27)(H2,16,17,20)(H2,21,22,23)/t6-,7+,8-,10-/m1/s1. The molecule has 1 aromatic heterocycles. The van der Waals surface area contributed by atoms with E-state index in [2.05, 4.69) is 18.1 Å². The molecule has 0 bridgehead atoms. The zero-order chi connectivity index (χ0) is 26.3. The second kappa shape index (κ2) is 9.65. The molecule has 0 radical (unpaired) electrons. The van der Waals surface area contributed by atoms with Crippen molar-refractivity contribution in [2.75, 3.05) is 12.3 Å². The SMILES string of the molecule is Nc1ccn([C@@H]2O[C@@](COP(=O)(O)OP(=O)(O)OP(=O)(O)O)(CC(F)(F)F)[C@@H](O)[C@H]2F)c(=O)n1. The summed E-state index contributed by atoms with van der Waals surface area (Å²) in [7, 11) is -17.8. The third-order valence-corrected chi connectivity index (χ3v) is 7.76. The molecule has 0 aromatic carbocycles. The number of rotatable bonds is 9. The van der Waals surface area contributed by atoms with Crippen LogP contribution in [0.5, 0.6) is 0 Å². The molecule has 16 nitrogen and oxygen atoms in total. The van der Waals surface area contributed by atoms with Crippen molar-refractivity contribution < 1.29 is 73.8 Å². The van der Waals surface area contributed by atoms with E-state index in [4.69, 9.17) is 25.2 Å². The first-order chi connectivity index (χ1) is 15.2. The number of hydrogen-bond donors (Lipinski definition) is 6. The number of aliphatic hydroxyl groups is 1. The number of ether oxygens (including phenoxy) is 1. The average molecular weight is 567 g/mol. The lowest BCUT2D eigenvalue weighted by Gasteiger charge is -2.32. The molecule has 34 heavy (non-hydrogen) atoms. The first kappa shape index (κ1) is 29.0. The minimum Gasteiger partial charge on any atom is -0.387 e. The summed E-state index contributed by atoms with van der Waals surface area (Å²) in [4.78, 5) is 50.6. The first-order valence-electron chi connectivity index (χ1n) is 8.35. The smallest absolute Gasteiger partial charge is 0.387 e. The number of halogens is 4. The highest BCUT2D eigenvalue weighted by molar-refractivity contribution is 7.66. The summed E-state index contributed by atoms with van der Waals surface area (Å²) in [5.41, 5.74) is 0.733. The van der Waals surface area contributed by atoms with Gasteiger partial charge in [-0.05, 0) is 6.07 Å². The van der Waals surface area contributed by atoms with Gasteiger partial charge in [0.05, 0.1) is 13.0 Å². The van der Waals surface area contributed by atoms with Gasteiger partial charge in [0.2, 0.25) is 0 Å². The zero-order valence-corrected chi connectivity index (χ0v) is 18.8. The molecule has 2 rings (SSSR count). The predicted molar refractivity (Wildman–Crippen MR) is 97.2 cm³/mol. The maximum atomic E-state index is 14.7. The number of nitrogen functional groups attached to an aromatic ring is 1. The van der Waals surface area contributed by atoms with Crippen molar-refractivity contribution in [1.29, 1.82) is 0 Å². The molecule has 6 atom stereocenters. The fraction of sp³-hybridized carbons (Fsp3) is 0.636. The van der Waals surface area contributed by atoms with Gasteiger partial charge < -0.3 is 35.2 Å². The minimum atomic E-state index is -6.02. The molecule has 0 aliphatic carbocycles. The lowest BCUT2D eigenvalue weighted by atomic mass is 9.92. The average Bonchev–Trinajstić information content (AvgIpc) is 2.81. The number of alkyl halides is 4. The maximum Gasteiger partial charge on any atom is 0.490 e. The van der Waals surface area contributed by atoms with Crippen LogP contribution in [0, 0.1) is 0 Å². The van der Waals surface area contributed by atoms with Crippen molar-refractivity contribution in [3.05, 3.63) is 22.7 Å². The van der Waals surface area contributed by atoms with Crippen LogP contribution in [0.25, 0.3) is 0 Å². The van der Waals surface area contributed by atoms with Crippen LogP contribution in [0.2, 0.25) is 0 Å². The van der Waals surface area contributed by atoms with E-state index in [1.165, 1.54) is 0 Å². The maximum absolute atomic E-state index is 14.7. The molecular formula is C11H16F4N3O13P3. The van der Waals surface area contributed by atoms with Crippen LogP contribution in [0.1, 0.15) is 12.6 Å². The fourth-order valence-corrected chi connectivity index (χ4v) is 5.88. The Balaban J connectivity index is 2.34. The molecule has 7 N–H and O–H groups in total. The number of phosphoric ester groups is 1. The Bertz CT molecular complexity index is 1110. The summed E-state index contributed by atoms with van der Waals surface area (Å²) >= 11 is 0. The van der Waals surface area contributed by atoms with E-state index in [0.29, 0.717) is 4.57 Å². The van der Waals surface area contributed by atoms with Gasteiger partial charge in [-0.15, -0.1) is 0 Å². The number of phosphoric acid groups is 3. The number of nitrogens with two attached hydrogens (primary N) is 1. The third kappa shape index (κ3) is 7.61. The van der Waals surface area contributed by atoms with Gasteiger partial charge in [-0.2, -0.15) is 26.8 Å². The third-order valence-electron chi connectivity index (χ3n) is 3.98. The second-order valence-electron chi connectivity index (χ2n) is 6.66. The lowest BCUT2D eigenvalue weighted by molar-refractivity contribution is -0.214. The van der Waals surface area contributed by atoms with Crippen LogP contribution >= 0.6 is 23.5 Å². The van der Waals surface area contributed by atoms with E-state index in [1.54, 1.807) is 0 Å². The number of aliphatic hydroxyl groups excluding tert-OH is 1. The highest BCUT2D eigenvalue weighted by Crippen LogP contribution is 2.66. The van der Waals surface area contributed by atoms with Crippen LogP contribution < -0.4 is 11.4 Å². The van der Waals surface area contributed by atoms with Gasteiger partial charge in [0.1, 0.15) is 17.5 Å². The Morgan fingerprint density at radius 3 is 2.26 bits per heavy atom. The summed E-state index contributed by atoms with van der Waals surface area (Å²) in [6.45, 7) is -1.84. The quantitative estimate of drug-likeness (QED) is 0.171. The Morgan fingerprint density at radius 2 is 1.76 bits per heavy atom. The monoisotopic (exact) mass is 567 g/mol. The van der Waals surface area contributed by atoms with E-state index in [0.717, 1.165) is 12.3 Å². The van der Waals surface area contributed by atoms with E-state index in [1.807, 2.05) is 0 Å². The molecule has 0 amide bonds. The van der Waals surface area contributed by atoms with Gasteiger partial charge in [-0.25, -0.2) is 22.9 Å². The van der Waals surface area contributed by atoms with Crippen molar-refractivity contribution >= 4 is 29.3 Å². The van der Waals surface area contributed by atoms with Crippen molar-refractivity contribution in [2.24, 2.45) is 0 Å². The summed E-state index contributed by atoms with van der Waals surface area (Å²) in [5, 5.41) is 10.1. The largest absolute Gasteiger partial charge is 0.490 e. The van der Waals surface area contributed by atoms with Gasteiger partial charge in [-0.1, -0.05) is 0 Å². The molecular weight excluding hydrogens is 551 g/mol. The van der Waals surface area contributed by atoms with Crippen LogP contribution in [0.15, 0.2) is 17.1 Å². The number of anilines is 1. The normalized spacial score (nSPS) is 29.5. The first-order valence-corrected chi connectivity index (χ1v) is 12.9. The van der Waals surface area contributed by atoms with Gasteiger partial charge in [-0.3, -0.25) is 9.09 Å². The van der Waals surface area contributed by atoms with E-state index in [-0.39, 0.29) is 5.82 Å². The summed E-state index contributed by atoms with van der Waals surface area (Å²) < 4.78 is 104. The van der Waals surface area contributed by atoms with E-state index < -0.39 is 72.5 Å². The zero-order valence-electron chi connectivity index (χ0n) is 16.1. The molecule has 2 unspecified atom stereocenters. The molecule has 0 spiro atoms. The molecule has 196 valence electrons. The summed E-state index contributed by atoms with van der Waals surface area (Å²) in [5.74, 6) is -0.343. The second-order valence-corrected chi connectivity index (χ2v) is 11.1. The molecule has 2 heterocycles. The Morgan fingerprint density at radius 1 is 1.18 bits per heavy atom. The molecule has 0 saturated carbocycles. The Kier molecular flexibility index (Phi) is 8.22. The highest BCUT2D eigenvalue weighted by Gasteiger charge is 2.61. The summed E-state index contributed by atoms with van der Waals surface area (Å²) in [6, 6.07) is 0.944. The van der Waals surface area contributed by atoms with Crippen molar-refractivity contribution in [3.8, 4) is 0 Å². The molecule has 1 fully saturated rings. The van der Waals surface area contributed by atoms with Gasteiger partial charge in [0.25, 0.3) is 0 Å². The Hall–Kier alpha value is -1.27. The van der Waals surface area contributed by atoms with Crippen LogP contribution in [0.4, 0.5) is 23.4 Å². The topological polar surface area (TPSA) is 250 Å². The molecule has 23 heteroatoms. The Labute approximate surface area is 185 Å². The van der Waals surface area contributed by atoms with E-state index >= 15 is 0 Å². The highest BCUT2D eigenvalue weighted by atomic mass is 31.3. The van der Waals surface area contributed by atoms with Crippen LogP contribution in [-0.4, -0.2) is 64.9 Å². The molecule has 1 aliphatic heterocycles. The summed E-state index contributed by atoms with van der Waals surface area (Å²) in [6.07, 6.45) is -14.5. The van der Waals surface area contributed by atoms with Gasteiger partial charge in [0, 0.05) is 6.20 Å². The van der Waals surface area contributed by atoms with Crippen LogP contribution in [-0.2, 0) is 31.6 Å². The van der Waals surface area contributed by atoms with Crippen molar-refractivity contribution in [1.82, 2.24) is 9.55 Å². The van der Waals surface area contributed by atoms with Gasteiger partial charge in [0.15, 0.2) is 12.4 Å². The van der Waals surface area contributed by atoms with Crippen molar-refractivity contribution in [2.45, 2.75) is 36.7 Å².